The van der Waals surface area contributed by atoms with Crippen molar-refractivity contribution in [2.24, 2.45) is 16.5 Å². The Morgan fingerprint density at radius 1 is 0.899 bits per heavy atom. The number of nitrogens with zero attached hydrogens (tertiary/aromatic N) is 10. The van der Waals surface area contributed by atoms with Crippen LogP contribution in [0, 0.1) is 17.2 Å². The summed E-state index contributed by atoms with van der Waals surface area (Å²) in [4.78, 5) is 39.5. The molecule has 2 bridgehead atoms. The second-order valence-corrected chi connectivity index (χ2v) is 24.0. The molecule has 5 aliphatic heterocycles. The van der Waals surface area contributed by atoms with Crippen molar-refractivity contribution >= 4 is 40.8 Å². The van der Waals surface area contributed by atoms with Crippen molar-refractivity contribution in [2.45, 2.75) is 132 Å². The fraction of sp³-hybridized carbons (Fsp3) is 0.475. The summed E-state index contributed by atoms with van der Waals surface area (Å²) < 4.78 is 26.8. The first-order valence-corrected chi connectivity index (χ1v) is 28.3. The highest BCUT2D eigenvalue weighted by atomic mass is 35.5. The molecule has 1 amide bonds. The number of phenolic OH excluding ortho intramolecular Hbond substituents is 1. The maximum Gasteiger partial charge on any atom is 0.273 e. The van der Waals surface area contributed by atoms with E-state index in [2.05, 4.69) is 52.9 Å². The fourth-order valence-corrected chi connectivity index (χ4v) is 14.2. The number of likely N-dealkylation sites (tertiary alicyclic amines) is 2. The molecule has 79 heavy (non-hydrogen) atoms. The number of carbonyl (C=O) groups excluding carboxylic acids is 1. The van der Waals surface area contributed by atoms with E-state index in [1.54, 1.807) is 35.2 Å². The molecule has 8 heterocycles. The van der Waals surface area contributed by atoms with Gasteiger partial charge in [0.1, 0.15) is 28.6 Å². The van der Waals surface area contributed by atoms with Crippen LogP contribution in [-0.4, -0.2) is 126 Å². The number of anilines is 3. The van der Waals surface area contributed by atoms with Crippen molar-refractivity contribution in [3.63, 3.8) is 0 Å². The third-order valence-corrected chi connectivity index (χ3v) is 18.5. The summed E-state index contributed by atoms with van der Waals surface area (Å²) in [5, 5.41) is 42.2. The average Bonchev–Trinajstić information content (AvgIpc) is 4.23. The van der Waals surface area contributed by atoms with Crippen molar-refractivity contribution in [1.82, 2.24) is 40.4 Å². The van der Waals surface area contributed by atoms with Crippen LogP contribution in [-0.2, 0) is 15.4 Å². The second-order valence-electron chi connectivity index (χ2n) is 23.6. The average molecular weight is 1090 g/mol. The third kappa shape index (κ3) is 9.44. The summed E-state index contributed by atoms with van der Waals surface area (Å²) in [5.74, 6) is 1.03. The van der Waals surface area contributed by atoms with Crippen LogP contribution in [0.5, 0.6) is 11.6 Å². The van der Waals surface area contributed by atoms with Crippen LogP contribution in [0.3, 0.4) is 0 Å². The smallest absolute Gasteiger partial charge is 0.273 e. The van der Waals surface area contributed by atoms with Gasteiger partial charge in [0.15, 0.2) is 17.4 Å². The summed E-state index contributed by atoms with van der Waals surface area (Å²) in [6.07, 6.45) is 11.9. The number of hydrogen-bond acceptors (Lipinski definition) is 17. The zero-order valence-electron chi connectivity index (χ0n) is 44.6. The van der Waals surface area contributed by atoms with Crippen LogP contribution in [0.25, 0.3) is 22.4 Å². The number of benzene rings is 3. The molecule has 3 aromatic carbocycles. The molecule has 3 aromatic heterocycles. The number of β-amino-alcohol motifs (C(OH)–C–C–N with tert-alkyl or cyclic N) is 1. The number of nitrogens with one attached hydrogen (secondary N) is 1. The summed E-state index contributed by atoms with van der Waals surface area (Å²) >= 11 is 6.99. The lowest BCUT2D eigenvalue weighted by Gasteiger charge is -2.60. The zero-order valence-corrected chi connectivity index (χ0v) is 45.3. The number of aliphatic hydroxyl groups is 1. The lowest BCUT2D eigenvalue weighted by atomic mass is 9.52. The zero-order chi connectivity index (χ0) is 54.3. The molecule has 20 heteroatoms. The van der Waals surface area contributed by atoms with Gasteiger partial charge >= 0.3 is 0 Å². The molecule has 6 fully saturated rings. The highest BCUT2D eigenvalue weighted by Crippen LogP contribution is 2.59. The van der Waals surface area contributed by atoms with E-state index in [1.807, 2.05) is 63.2 Å². The largest absolute Gasteiger partial charge is 0.507 e. The number of aromatic nitrogens is 5. The normalized spacial score (nSPS) is 28.1. The van der Waals surface area contributed by atoms with Crippen LogP contribution < -0.4 is 25.6 Å². The number of phenols is 1. The number of piperazine rings is 1. The quantitative estimate of drug-likeness (QED) is 0.0851. The predicted molar refractivity (Wildman–Crippen MR) is 296 cm³/mol. The number of carbonyl (C=O) groups is 1. The maximum atomic E-state index is 14.6. The summed E-state index contributed by atoms with van der Waals surface area (Å²) in [7, 11) is 0. The van der Waals surface area contributed by atoms with E-state index in [9.17, 15) is 19.4 Å². The van der Waals surface area contributed by atoms with Gasteiger partial charge in [0.05, 0.1) is 23.5 Å². The number of nitrogen functional groups attached to an aromatic ring is 1. The SMILES string of the molecule is CC(C)[C@@H](C(=O)N1C[C@H](O)C[C@H]1C1=NO[C@](C)(c2ccc(-c3ccccc3F)cc2)N1)c1onc(O[C@H]2CC3(C2)C[C@H](N2CCC(c4cnc(N5C6CCC5CN(c5cc(-c7ccccc7O)nnc5N)C6)nc4)CC2)C3)c1Cl. The molecule has 0 radical (unpaired) electrons. The van der Waals surface area contributed by atoms with E-state index >= 15 is 0 Å². The Kier molecular flexibility index (Phi) is 13.1. The van der Waals surface area contributed by atoms with Gasteiger partial charge in [-0.25, -0.2) is 14.4 Å². The number of aliphatic hydroxyl groups excluding tert-OH is 1. The highest BCUT2D eigenvalue weighted by molar-refractivity contribution is 6.32. The number of halogens is 2. The van der Waals surface area contributed by atoms with Gasteiger partial charge in [-0.2, -0.15) is 0 Å². The Bertz CT molecular complexity index is 3260. The molecule has 13 rings (SSSR count). The fourth-order valence-electron chi connectivity index (χ4n) is 13.9. The first kappa shape index (κ1) is 51.4. The number of piperidine rings is 1. The number of para-hydroxylation sites is 1. The first-order chi connectivity index (χ1) is 38.2. The third-order valence-electron chi connectivity index (χ3n) is 18.2. The van der Waals surface area contributed by atoms with E-state index in [4.69, 9.17) is 41.4 Å². The van der Waals surface area contributed by atoms with Gasteiger partial charge in [0.2, 0.25) is 17.6 Å². The van der Waals surface area contributed by atoms with E-state index in [0.717, 1.165) is 100 Å². The van der Waals surface area contributed by atoms with Crippen LogP contribution in [0.2, 0.25) is 5.02 Å². The van der Waals surface area contributed by atoms with Crippen molar-refractivity contribution in [3.05, 3.63) is 119 Å². The minimum atomic E-state index is -1.06. The van der Waals surface area contributed by atoms with E-state index in [0.29, 0.717) is 40.4 Å². The van der Waals surface area contributed by atoms with E-state index in [-0.39, 0.29) is 76.6 Å². The van der Waals surface area contributed by atoms with Crippen molar-refractivity contribution in [1.29, 1.82) is 0 Å². The molecule has 1 spiro atoms. The van der Waals surface area contributed by atoms with Crippen LogP contribution in [0.1, 0.15) is 107 Å². The maximum absolute atomic E-state index is 14.6. The molecule has 412 valence electrons. The van der Waals surface area contributed by atoms with Gasteiger partial charge in [-0.3, -0.25) is 4.79 Å². The lowest BCUT2D eigenvalue weighted by Crippen LogP contribution is -2.59. The molecule has 4 saturated heterocycles. The Balaban J connectivity index is 0.576. The molecule has 18 nitrogen and oxygen atoms in total. The van der Waals surface area contributed by atoms with Gasteiger partial charge < -0.3 is 55.0 Å². The molecule has 6 aromatic rings. The van der Waals surface area contributed by atoms with Crippen molar-refractivity contribution in [3.8, 4) is 34.0 Å². The van der Waals surface area contributed by atoms with Gasteiger partial charge in [0.25, 0.3) is 5.88 Å². The molecule has 2 aliphatic carbocycles. The number of fused-ring (bicyclic) bond motifs is 2. The summed E-state index contributed by atoms with van der Waals surface area (Å²) in [6, 6.07) is 23.6. The van der Waals surface area contributed by atoms with Crippen LogP contribution >= 0.6 is 11.6 Å². The van der Waals surface area contributed by atoms with Crippen LogP contribution in [0.15, 0.2) is 101 Å². The Labute approximate surface area is 463 Å². The Hall–Kier alpha value is -7.09. The van der Waals surface area contributed by atoms with Gasteiger partial charge in [-0.1, -0.05) is 85.2 Å². The standard InChI is InChI=1S/C59H66ClFN12O6/c1-33(2)50(56(76)72-32-41(74)22-48(72)54-65-58(3,79-68-54)37-14-12-35(13-15-37)43-8-4-6-10-45(43)61)52-51(60)55(69-78-52)77-42-26-59(27-42)24-40(25-59)70-20-18-34(19-21-70)36-28-63-57(64-29-36)73-38-16-17-39(73)31-71(30-38)47-23-46(66-67-53(47)62)44-9-5-7-11-49(44)75/h4-15,23,28-29,33-34,38-42,48,50,74-75H,16-22,24-27,30-32H2,1-3H3,(H2,62,67)(H,65,68)/t38?,39?,40-,41-,42-,48+,50-,58-,59?/m1/s1. The minimum Gasteiger partial charge on any atom is -0.507 e. The molecule has 2 saturated carbocycles. The Morgan fingerprint density at radius 3 is 2.29 bits per heavy atom. The molecule has 6 atom stereocenters. The summed E-state index contributed by atoms with van der Waals surface area (Å²) in [5.41, 5.74) is 10.8. The number of hydrogen-bond donors (Lipinski definition) is 4. The van der Waals surface area contributed by atoms with Gasteiger partial charge in [-0.15, -0.1) is 10.2 Å². The van der Waals surface area contributed by atoms with Gasteiger partial charge in [-0.05, 0) is 122 Å². The topological polar surface area (TPSA) is 217 Å². The predicted octanol–water partition coefficient (Wildman–Crippen LogP) is 8.60. The second kappa shape index (κ2) is 20.2. The van der Waals surface area contributed by atoms with Gasteiger partial charge in [0, 0.05) is 80.2 Å². The number of oxime groups is 1. The summed E-state index contributed by atoms with van der Waals surface area (Å²) in [6.45, 7) is 9.44. The number of amidine groups is 1. The van der Waals surface area contributed by atoms with E-state index < -0.39 is 23.8 Å². The number of aromatic hydroxyl groups is 1. The minimum absolute atomic E-state index is 0.0474. The number of rotatable bonds is 13. The number of nitrogens with two attached hydrogens (primary N) is 1. The molecule has 2 unspecified atom stereocenters. The molecular formula is C59H66ClFN12O6. The molecular weight excluding hydrogens is 1030 g/mol. The van der Waals surface area contributed by atoms with Crippen molar-refractivity contribution < 1.29 is 33.5 Å². The number of ether oxygens (including phenoxy) is 1. The monoisotopic (exact) mass is 1090 g/mol. The van der Waals surface area contributed by atoms with Crippen LogP contribution in [0.4, 0.5) is 21.8 Å². The first-order valence-electron chi connectivity index (χ1n) is 27.9. The molecule has 7 aliphatic rings. The molecule has 5 N–H and O–H groups in total. The lowest BCUT2D eigenvalue weighted by molar-refractivity contribution is -0.134. The Morgan fingerprint density at radius 2 is 1.59 bits per heavy atom. The number of amides is 1. The van der Waals surface area contributed by atoms with E-state index in [1.165, 1.54) is 11.6 Å². The van der Waals surface area contributed by atoms with Crippen molar-refractivity contribution in [2.75, 3.05) is 48.3 Å². The highest BCUT2D eigenvalue weighted by Gasteiger charge is 2.56.